The van der Waals surface area contributed by atoms with E-state index in [1.165, 1.54) is 0 Å². The molecule has 0 fully saturated rings. The lowest BCUT2D eigenvalue weighted by Crippen LogP contribution is -2.53. The second-order valence-corrected chi connectivity index (χ2v) is 3.59. The molecule has 0 aliphatic heterocycles. The molecule has 0 radical (unpaired) electrons. The smallest absolute Gasteiger partial charge is 0.471 e. The molecule has 0 aromatic heterocycles. The molecule has 0 heterocycles. The maximum absolute atomic E-state index is 12.1. The van der Waals surface area contributed by atoms with Gasteiger partial charge < -0.3 is 15.3 Å². The van der Waals surface area contributed by atoms with Crippen LogP contribution in [0.15, 0.2) is 0 Å². The largest absolute Gasteiger partial charge is 0.480 e. The molecule has 0 saturated carbocycles. The maximum Gasteiger partial charge on any atom is 0.471 e. The highest BCUT2D eigenvalue weighted by Crippen LogP contribution is 2.19. The molecule has 0 unspecified atom stereocenters. The van der Waals surface area contributed by atoms with Crippen LogP contribution in [-0.2, 0) is 14.4 Å². The van der Waals surface area contributed by atoms with Crippen molar-refractivity contribution in [1.29, 1.82) is 0 Å². The van der Waals surface area contributed by atoms with Crippen LogP contribution < -0.4 is 5.32 Å². The minimum atomic E-state index is -5.11. The van der Waals surface area contributed by atoms with Crippen molar-refractivity contribution >= 4 is 30.4 Å². The molecule has 1 atom stereocenters. The fraction of sp³-hybridized carbons (Fsp3) is 0.625. The lowest BCUT2D eigenvalue weighted by molar-refractivity contribution is -0.186. The number of nitrogens with zero attached hydrogens (tertiary/aromatic N) is 1. The molecule has 10 heteroatoms. The van der Waals surface area contributed by atoms with Gasteiger partial charge in [0.1, 0.15) is 12.6 Å². The molecule has 0 aromatic carbocycles. The highest BCUT2D eigenvalue weighted by atomic mass is 32.1. The van der Waals surface area contributed by atoms with Gasteiger partial charge in [0.05, 0.1) is 0 Å². The molecule has 0 saturated heterocycles. The van der Waals surface area contributed by atoms with E-state index in [1.54, 1.807) is 0 Å². The molecule has 6 nitrogen and oxygen atoms in total. The topological polar surface area (TPSA) is 86.7 Å². The fourth-order valence-corrected chi connectivity index (χ4v) is 1.41. The molecule has 0 spiro atoms. The Morgan fingerprint density at radius 3 is 2.22 bits per heavy atom. The third-order valence-corrected chi connectivity index (χ3v) is 2.27. The maximum atomic E-state index is 12.1. The number of carbonyl (C=O) groups is 3. The van der Waals surface area contributed by atoms with Crippen molar-refractivity contribution < 1.29 is 32.7 Å². The van der Waals surface area contributed by atoms with E-state index in [1.807, 2.05) is 5.32 Å². The molecule has 0 rings (SSSR count). The Balaban J connectivity index is 4.72. The lowest BCUT2D eigenvalue weighted by atomic mass is 10.2. The first-order valence-corrected chi connectivity index (χ1v) is 5.18. The van der Waals surface area contributed by atoms with E-state index >= 15 is 0 Å². The minimum absolute atomic E-state index is 0.171. The Kier molecular flexibility index (Phi) is 5.95. The van der Waals surface area contributed by atoms with Gasteiger partial charge in [-0.1, -0.05) is 0 Å². The van der Waals surface area contributed by atoms with Gasteiger partial charge in [-0.25, -0.2) is 0 Å². The number of hydrogen-bond acceptors (Lipinski definition) is 4. The zero-order valence-electron chi connectivity index (χ0n) is 9.19. The van der Waals surface area contributed by atoms with Crippen molar-refractivity contribution in [2.75, 3.05) is 19.3 Å². The van der Waals surface area contributed by atoms with Crippen LogP contribution in [0.2, 0.25) is 0 Å². The second kappa shape index (κ2) is 6.47. The summed E-state index contributed by atoms with van der Waals surface area (Å²) in [6.07, 6.45) is -5.11. The molecule has 0 aliphatic carbocycles. The normalized spacial score (nSPS) is 12.7. The number of carboxylic acids is 1. The number of hydrogen-bond donors (Lipinski definition) is 3. The van der Waals surface area contributed by atoms with Crippen LogP contribution in [0.5, 0.6) is 0 Å². The number of rotatable bonds is 5. The minimum Gasteiger partial charge on any atom is -0.480 e. The highest BCUT2D eigenvalue weighted by Gasteiger charge is 2.44. The zero-order chi connectivity index (χ0) is 14.5. The Morgan fingerprint density at radius 1 is 1.39 bits per heavy atom. The molecule has 0 aliphatic rings. The van der Waals surface area contributed by atoms with Gasteiger partial charge in [0.25, 0.3) is 0 Å². The predicted molar refractivity (Wildman–Crippen MR) is 57.1 cm³/mol. The van der Waals surface area contributed by atoms with E-state index < -0.39 is 36.5 Å². The summed E-state index contributed by atoms with van der Waals surface area (Å²) >= 11 is 3.66. The van der Waals surface area contributed by atoms with E-state index in [2.05, 4.69) is 12.6 Å². The molecule has 0 aromatic rings. The fourth-order valence-electron chi connectivity index (χ4n) is 1.00. The van der Waals surface area contributed by atoms with Gasteiger partial charge in [0, 0.05) is 12.8 Å². The molecule has 2 N–H and O–H groups in total. The number of carboxylic acid groups (broad SMARTS) is 1. The number of aliphatic carboxylic acids is 1. The van der Waals surface area contributed by atoms with Crippen molar-refractivity contribution in [3.63, 3.8) is 0 Å². The quantitative estimate of drug-likeness (QED) is 0.596. The first kappa shape index (κ1) is 16.6. The van der Waals surface area contributed by atoms with E-state index in [4.69, 9.17) is 5.11 Å². The average molecular weight is 288 g/mol. The van der Waals surface area contributed by atoms with Crippen LogP contribution >= 0.6 is 12.6 Å². The Bertz CT molecular complexity index is 348. The van der Waals surface area contributed by atoms with Crippen LogP contribution in [0.1, 0.15) is 0 Å². The summed E-state index contributed by atoms with van der Waals surface area (Å²) < 4.78 is 36.4. The van der Waals surface area contributed by atoms with Crippen LogP contribution in [0.4, 0.5) is 13.2 Å². The first-order valence-electron chi connectivity index (χ1n) is 4.55. The summed E-state index contributed by atoms with van der Waals surface area (Å²) in [5.41, 5.74) is 0. The number of likely N-dealkylation sites (N-methyl/N-ethyl adjacent to an activating group) is 1. The van der Waals surface area contributed by atoms with Crippen LogP contribution in [0.25, 0.3) is 0 Å². The van der Waals surface area contributed by atoms with Gasteiger partial charge in [0.15, 0.2) is 0 Å². The number of halogens is 3. The SMILES string of the molecule is CN(C(=O)C(F)(F)F)[C@@H](CS)C(=O)NCC(=O)O. The molecule has 104 valence electrons. The summed E-state index contributed by atoms with van der Waals surface area (Å²) in [5.74, 6) is -4.95. The van der Waals surface area contributed by atoms with Crippen LogP contribution in [0, 0.1) is 0 Å². The van der Waals surface area contributed by atoms with Crippen molar-refractivity contribution in [2.45, 2.75) is 12.2 Å². The van der Waals surface area contributed by atoms with Crippen molar-refractivity contribution in [1.82, 2.24) is 10.2 Å². The molecule has 2 amide bonds. The Hall–Kier alpha value is -1.45. The third kappa shape index (κ3) is 4.82. The number of carbonyl (C=O) groups excluding carboxylic acids is 2. The lowest BCUT2D eigenvalue weighted by Gasteiger charge is -2.26. The molecule has 18 heavy (non-hydrogen) atoms. The standard InChI is InChI=1S/C8H11F3N2O4S/c1-13(7(17)8(9,10)11)4(3-18)6(16)12-2-5(14)15/h4,18H,2-3H2,1H3,(H,12,16)(H,14,15)/t4-/m0/s1. The van der Waals surface area contributed by atoms with Gasteiger partial charge in [-0.3, -0.25) is 14.4 Å². The molecular weight excluding hydrogens is 277 g/mol. The highest BCUT2D eigenvalue weighted by molar-refractivity contribution is 7.80. The van der Waals surface area contributed by atoms with Crippen molar-refractivity contribution in [3.05, 3.63) is 0 Å². The monoisotopic (exact) mass is 288 g/mol. The van der Waals surface area contributed by atoms with Gasteiger partial charge in [-0.15, -0.1) is 0 Å². The number of nitrogens with one attached hydrogen (secondary N) is 1. The van der Waals surface area contributed by atoms with E-state index in [0.29, 0.717) is 0 Å². The summed E-state index contributed by atoms with van der Waals surface area (Å²) in [7, 11) is 0.789. The van der Waals surface area contributed by atoms with Gasteiger partial charge in [0.2, 0.25) is 5.91 Å². The first-order chi connectivity index (χ1) is 8.11. The summed E-state index contributed by atoms with van der Waals surface area (Å²) in [5, 5.41) is 10.2. The number of amides is 2. The average Bonchev–Trinajstić information content (AvgIpc) is 2.24. The van der Waals surface area contributed by atoms with E-state index in [0.717, 1.165) is 7.05 Å². The second-order valence-electron chi connectivity index (χ2n) is 3.22. The third-order valence-electron chi connectivity index (χ3n) is 1.92. The van der Waals surface area contributed by atoms with Gasteiger partial charge in [-0.05, 0) is 0 Å². The number of alkyl halides is 3. The van der Waals surface area contributed by atoms with E-state index in [9.17, 15) is 27.6 Å². The summed E-state index contributed by atoms with van der Waals surface area (Å²) in [4.78, 5) is 32.6. The number of thiol groups is 1. The van der Waals surface area contributed by atoms with Crippen molar-refractivity contribution in [2.24, 2.45) is 0 Å². The molecule has 0 bridgehead atoms. The van der Waals surface area contributed by atoms with Crippen LogP contribution in [0.3, 0.4) is 0 Å². The summed E-state index contributed by atoms with van der Waals surface area (Å²) in [6, 6.07) is -1.50. The zero-order valence-corrected chi connectivity index (χ0v) is 10.1. The summed E-state index contributed by atoms with van der Waals surface area (Å²) in [6.45, 7) is -0.753. The van der Waals surface area contributed by atoms with Crippen LogP contribution in [-0.4, -0.2) is 59.4 Å². The predicted octanol–water partition coefficient (Wildman–Crippen LogP) is -0.494. The van der Waals surface area contributed by atoms with Gasteiger partial charge in [-0.2, -0.15) is 25.8 Å². The molecular formula is C8H11F3N2O4S. The van der Waals surface area contributed by atoms with Gasteiger partial charge >= 0.3 is 18.1 Å². The Labute approximate surface area is 106 Å². The van der Waals surface area contributed by atoms with E-state index in [-0.39, 0.29) is 10.7 Å². The Morgan fingerprint density at radius 2 is 1.89 bits per heavy atom. The van der Waals surface area contributed by atoms with Crippen molar-refractivity contribution in [3.8, 4) is 0 Å².